The Kier molecular flexibility index (Phi) is 7.43. The zero-order chi connectivity index (χ0) is 19.6. The largest absolute Gasteiger partial charge is 0.375 e. The average molecular weight is 397 g/mol. The number of nitrogens with zero attached hydrogens (tertiary/aromatic N) is 5. The predicted octanol–water partition coefficient (Wildman–Crippen LogP) is 2.46. The van der Waals surface area contributed by atoms with Crippen LogP contribution in [0.2, 0.25) is 0 Å². The zero-order valence-electron chi connectivity index (χ0n) is 15.9. The Morgan fingerprint density at radius 3 is 2.57 bits per heavy atom. The van der Waals surface area contributed by atoms with E-state index >= 15 is 0 Å². The van der Waals surface area contributed by atoms with E-state index in [1.165, 1.54) is 17.4 Å². The summed E-state index contributed by atoms with van der Waals surface area (Å²) in [7, 11) is 2.06. The Morgan fingerprint density at radius 1 is 1.11 bits per heavy atom. The summed E-state index contributed by atoms with van der Waals surface area (Å²) in [6.45, 7) is 2.11. The van der Waals surface area contributed by atoms with Crippen LogP contribution in [-0.2, 0) is 11.3 Å². The van der Waals surface area contributed by atoms with Crippen molar-refractivity contribution >= 4 is 23.4 Å². The fourth-order valence-corrected chi connectivity index (χ4v) is 3.40. The quantitative estimate of drug-likeness (QED) is 0.419. The molecule has 28 heavy (non-hydrogen) atoms. The molecule has 1 aromatic heterocycles. The molecule has 0 saturated heterocycles. The fraction of sp³-hybridized carbons (Fsp3) is 0.300. The van der Waals surface area contributed by atoms with E-state index in [4.69, 9.17) is 0 Å². The van der Waals surface area contributed by atoms with E-state index in [0.717, 1.165) is 18.5 Å². The standard InChI is InChI=1S/C20H24N6OS/c1-25(18-11-6-3-7-12-18)14-8-13-21-19(27)16-28-20-22-23-24-26(20)15-17-9-4-2-5-10-17/h2-7,9-12H,8,13-16H2,1H3,(H,21,27). The number of hydrogen-bond donors (Lipinski definition) is 1. The third-order valence-electron chi connectivity index (χ3n) is 4.20. The maximum absolute atomic E-state index is 12.1. The minimum atomic E-state index is -0.0124. The number of carbonyl (C=O) groups is 1. The number of tetrazole rings is 1. The Hall–Kier alpha value is -2.87. The summed E-state index contributed by atoms with van der Waals surface area (Å²) in [5, 5.41) is 15.3. The van der Waals surface area contributed by atoms with Crippen molar-refractivity contribution in [3.8, 4) is 0 Å². The van der Waals surface area contributed by atoms with E-state index in [-0.39, 0.29) is 5.91 Å². The summed E-state index contributed by atoms with van der Waals surface area (Å²) in [5.74, 6) is 0.283. The van der Waals surface area contributed by atoms with Crippen molar-refractivity contribution < 1.29 is 4.79 Å². The van der Waals surface area contributed by atoms with Crippen molar-refractivity contribution in [2.24, 2.45) is 0 Å². The molecule has 0 aliphatic carbocycles. The van der Waals surface area contributed by atoms with Crippen LogP contribution in [0, 0.1) is 0 Å². The van der Waals surface area contributed by atoms with Gasteiger partial charge < -0.3 is 10.2 Å². The summed E-state index contributed by atoms with van der Waals surface area (Å²) in [5.41, 5.74) is 2.29. The van der Waals surface area contributed by atoms with Gasteiger partial charge in [0.15, 0.2) is 0 Å². The molecule has 1 amide bonds. The first kappa shape index (κ1) is 19.9. The number of rotatable bonds is 10. The van der Waals surface area contributed by atoms with E-state index in [1.54, 1.807) is 4.68 Å². The van der Waals surface area contributed by atoms with Gasteiger partial charge in [0.1, 0.15) is 0 Å². The maximum atomic E-state index is 12.1. The van der Waals surface area contributed by atoms with Crippen LogP contribution < -0.4 is 10.2 Å². The van der Waals surface area contributed by atoms with Crippen molar-refractivity contribution in [1.29, 1.82) is 0 Å². The first-order valence-corrected chi connectivity index (χ1v) is 10.2. The number of aromatic nitrogens is 4. The highest BCUT2D eigenvalue weighted by Crippen LogP contribution is 2.15. The topological polar surface area (TPSA) is 75.9 Å². The Labute approximate surface area is 169 Å². The Bertz CT molecular complexity index is 855. The summed E-state index contributed by atoms with van der Waals surface area (Å²) in [4.78, 5) is 14.3. The molecular formula is C20H24N6OS. The molecule has 3 rings (SSSR count). The molecule has 0 unspecified atom stereocenters. The van der Waals surface area contributed by atoms with Crippen molar-refractivity contribution in [1.82, 2.24) is 25.5 Å². The van der Waals surface area contributed by atoms with Crippen LogP contribution in [0.25, 0.3) is 0 Å². The number of amides is 1. The second-order valence-electron chi connectivity index (χ2n) is 6.35. The molecule has 0 radical (unpaired) electrons. The summed E-state index contributed by atoms with van der Waals surface area (Å²) >= 11 is 1.35. The molecule has 2 aromatic carbocycles. The molecule has 0 aliphatic rings. The molecule has 0 spiro atoms. The van der Waals surface area contributed by atoms with Gasteiger partial charge in [-0.1, -0.05) is 60.3 Å². The molecule has 0 atom stereocenters. The van der Waals surface area contributed by atoms with Crippen molar-refractivity contribution in [3.05, 3.63) is 66.2 Å². The lowest BCUT2D eigenvalue weighted by atomic mass is 10.2. The number of thioether (sulfide) groups is 1. The highest BCUT2D eigenvalue weighted by molar-refractivity contribution is 7.99. The maximum Gasteiger partial charge on any atom is 0.230 e. The summed E-state index contributed by atoms with van der Waals surface area (Å²) in [6, 6.07) is 20.2. The minimum Gasteiger partial charge on any atom is -0.375 e. The number of anilines is 1. The lowest BCUT2D eigenvalue weighted by molar-refractivity contribution is -0.118. The molecule has 3 aromatic rings. The van der Waals surface area contributed by atoms with Crippen LogP contribution in [0.15, 0.2) is 65.8 Å². The second-order valence-corrected chi connectivity index (χ2v) is 7.30. The molecule has 1 heterocycles. The smallest absolute Gasteiger partial charge is 0.230 e. The highest BCUT2D eigenvalue weighted by Gasteiger charge is 2.10. The molecule has 0 saturated carbocycles. The molecule has 8 heteroatoms. The number of hydrogen-bond acceptors (Lipinski definition) is 6. The first-order valence-electron chi connectivity index (χ1n) is 9.18. The third kappa shape index (κ3) is 6.09. The predicted molar refractivity (Wildman–Crippen MR) is 111 cm³/mol. The molecular weight excluding hydrogens is 372 g/mol. The van der Waals surface area contributed by atoms with Crippen LogP contribution >= 0.6 is 11.8 Å². The van der Waals surface area contributed by atoms with Gasteiger partial charge >= 0.3 is 0 Å². The number of para-hydroxylation sites is 1. The number of carbonyl (C=O) groups excluding carboxylic acids is 1. The van der Waals surface area contributed by atoms with Crippen molar-refractivity contribution in [2.45, 2.75) is 18.1 Å². The van der Waals surface area contributed by atoms with E-state index in [9.17, 15) is 4.79 Å². The van der Waals surface area contributed by atoms with Gasteiger partial charge in [0.2, 0.25) is 11.1 Å². The van der Waals surface area contributed by atoms with Gasteiger partial charge in [0, 0.05) is 25.8 Å². The summed E-state index contributed by atoms with van der Waals surface area (Å²) in [6.07, 6.45) is 0.882. The lowest BCUT2D eigenvalue weighted by Crippen LogP contribution is -2.29. The second kappa shape index (κ2) is 10.5. The van der Waals surface area contributed by atoms with Crippen molar-refractivity contribution in [3.63, 3.8) is 0 Å². The van der Waals surface area contributed by atoms with E-state index < -0.39 is 0 Å². The van der Waals surface area contributed by atoms with Gasteiger partial charge in [0.25, 0.3) is 0 Å². The van der Waals surface area contributed by atoms with Gasteiger partial charge in [-0.05, 0) is 34.5 Å². The van der Waals surface area contributed by atoms with Gasteiger partial charge in [-0.25, -0.2) is 4.68 Å². The van der Waals surface area contributed by atoms with Crippen molar-refractivity contribution in [2.75, 3.05) is 30.8 Å². The van der Waals surface area contributed by atoms with Gasteiger partial charge in [0.05, 0.1) is 12.3 Å². The molecule has 7 nitrogen and oxygen atoms in total. The van der Waals surface area contributed by atoms with Gasteiger partial charge in [-0.15, -0.1) is 5.10 Å². The van der Waals surface area contributed by atoms with Crippen LogP contribution in [0.4, 0.5) is 5.69 Å². The van der Waals surface area contributed by atoms with Crippen LogP contribution in [0.5, 0.6) is 0 Å². The molecule has 0 fully saturated rings. The van der Waals surface area contributed by atoms with Gasteiger partial charge in [-0.3, -0.25) is 4.79 Å². The molecule has 0 bridgehead atoms. The van der Waals surface area contributed by atoms with Crippen LogP contribution in [-0.4, -0.2) is 52.0 Å². The van der Waals surface area contributed by atoms with E-state index in [0.29, 0.717) is 24.0 Å². The SMILES string of the molecule is CN(CCCNC(=O)CSc1nnnn1Cc1ccccc1)c1ccccc1. The fourth-order valence-electron chi connectivity index (χ4n) is 2.69. The Morgan fingerprint density at radius 2 is 1.82 bits per heavy atom. The average Bonchev–Trinajstić information content (AvgIpc) is 3.18. The van der Waals surface area contributed by atoms with Crippen LogP contribution in [0.1, 0.15) is 12.0 Å². The lowest BCUT2D eigenvalue weighted by Gasteiger charge is -2.19. The molecule has 146 valence electrons. The highest BCUT2D eigenvalue weighted by atomic mass is 32.2. The van der Waals surface area contributed by atoms with Gasteiger partial charge in [-0.2, -0.15) is 0 Å². The monoisotopic (exact) mass is 396 g/mol. The van der Waals surface area contributed by atoms with E-state index in [2.05, 4.69) is 44.9 Å². The van der Waals surface area contributed by atoms with E-state index in [1.807, 2.05) is 48.5 Å². The molecule has 0 aliphatic heterocycles. The first-order chi connectivity index (χ1) is 13.7. The molecule has 1 N–H and O–H groups in total. The number of nitrogens with one attached hydrogen (secondary N) is 1. The third-order valence-corrected chi connectivity index (χ3v) is 5.15. The summed E-state index contributed by atoms with van der Waals surface area (Å²) < 4.78 is 1.71. The number of benzene rings is 2. The minimum absolute atomic E-state index is 0.0124. The Balaban J connectivity index is 1.36. The zero-order valence-corrected chi connectivity index (χ0v) is 16.7. The normalized spacial score (nSPS) is 10.6. The van der Waals surface area contributed by atoms with Crippen LogP contribution in [0.3, 0.4) is 0 Å².